The second-order valence-corrected chi connectivity index (χ2v) is 8.19. The zero-order chi connectivity index (χ0) is 20.0. The minimum absolute atomic E-state index is 0.0332. The van der Waals surface area contributed by atoms with Crippen molar-refractivity contribution in [2.24, 2.45) is 0 Å². The van der Waals surface area contributed by atoms with E-state index in [9.17, 15) is 13.2 Å². The Kier molecular flexibility index (Phi) is 6.47. The van der Waals surface area contributed by atoms with Gasteiger partial charge in [0.25, 0.3) is 0 Å². The fourth-order valence-electron chi connectivity index (χ4n) is 3.02. The van der Waals surface area contributed by atoms with E-state index in [1.807, 2.05) is 6.07 Å². The van der Waals surface area contributed by atoms with E-state index in [2.05, 4.69) is 44.4 Å². The summed E-state index contributed by atoms with van der Waals surface area (Å²) in [5.41, 5.74) is 3.01. The first-order valence-electron chi connectivity index (χ1n) is 8.92. The zero-order valence-electron chi connectivity index (χ0n) is 15.6. The minimum atomic E-state index is -3.67. The highest BCUT2D eigenvalue weighted by atomic mass is 32.2. The average molecular weight is 398 g/mol. The van der Waals surface area contributed by atoms with Crippen molar-refractivity contribution in [1.29, 1.82) is 0 Å². The molecule has 1 N–H and O–H groups in total. The Morgan fingerprint density at radius 2 is 1.82 bits per heavy atom. The van der Waals surface area contributed by atoms with Gasteiger partial charge in [-0.3, -0.25) is 4.90 Å². The summed E-state index contributed by atoms with van der Waals surface area (Å²) in [4.78, 5) is 13.7. The summed E-state index contributed by atoms with van der Waals surface area (Å²) in [6, 6.07) is 14.0. The minimum Gasteiger partial charge on any atom is -0.465 e. The summed E-state index contributed by atoms with van der Waals surface area (Å²) in [5.74, 6) is 5.38. The molecule has 0 amide bonds. The van der Waals surface area contributed by atoms with Gasteiger partial charge in [0.05, 0.1) is 30.7 Å². The molecular formula is C21H22N2O4S. The molecule has 146 valence electrons. The summed E-state index contributed by atoms with van der Waals surface area (Å²) in [5, 5.41) is 0. The molecule has 0 saturated carbocycles. The molecule has 0 aromatic heterocycles. The zero-order valence-corrected chi connectivity index (χ0v) is 16.5. The Hall–Kier alpha value is -2.66. The van der Waals surface area contributed by atoms with Gasteiger partial charge >= 0.3 is 5.97 Å². The monoisotopic (exact) mass is 398 g/mol. The summed E-state index contributed by atoms with van der Waals surface area (Å²) < 4.78 is 31.6. The molecule has 28 heavy (non-hydrogen) atoms. The lowest BCUT2D eigenvalue weighted by Gasteiger charge is -2.26. The molecule has 1 aliphatic rings. The number of nitrogens with one attached hydrogen (secondary N) is 1. The lowest BCUT2D eigenvalue weighted by atomic mass is 10.0. The first-order valence-corrected chi connectivity index (χ1v) is 10.4. The molecule has 0 aliphatic carbocycles. The standard InChI is InChI=1S/C21H22N2O4S/c1-27-21(24)18-8-10-20(11-9-18)28(25,26)22-13-4-5-14-23-15-12-17-6-2-3-7-19(17)16-23/h2-3,6-11,22H,12-16H2,1H3. The van der Waals surface area contributed by atoms with Gasteiger partial charge in [0.15, 0.2) is 0 Å². The van der Waals surface area contributed by atoms with E-state index in [0.29, 0.717) is 12.1 Å². The van der Waals surface area contributed by atoms with E-state index in [0.717, 1.165) is 19.5 Å². The third kappa shape index (κ3) is 4.98. The van der Waals surface area contributed by atoms with Crippen molar-refractivity contribution >= 4 is 16.0 Å². The molecule has 2 aromatic rings. The maximum Gasteiger partial charge on any atom is 0.337 e. The highest BCUT2D eigenvalue weighted by molar-refractivity contribution is 7.89. The molecule has 0 radical (unpaired) electrons. The van der Waals surface area contributed by atoms with E-state index in [-0.39, 0.29) is 11.4 Å². The van der Waals surface area contributed by atoms with Crippen molar-refractivity contribution in [2.75, 3.05) is 26.7 Å². The molecule has 0 bridgehead atoms. The molecule has 6 nitrogen and oxygen atoms in total. The predicted molar refractivity (Wildman–Crippen MR) is 106 cm³/mol. The quantitative estimate of drug-likeness (QED) is 0.614. The highest BCUT2D eigenvalue weighted by Crippen LogP contribution is 2.17. The fraction of sp³-hybridized carbons (Fsp3) is 0.286. The van der Waals surface area contributed by atoms with Crippen LogP contribution in [-0.2, 0) is 27.7 Å². The first-order chi connectivity index (χ1) is 13.5. The van der Waals surface area contributed by atoms with Gasteiger partial charge in [0.2, 0.25) is 10.0 Å². The lowest BCUT2D eigenvalue weighted by molar-refractivity contribution is 0.0600. The molecule has 7 heteroatoms. The summed E-state index contributed by atoms with van der Waals surface area (Å²) in [6.07, 6.45) is 1.01. The number of nitrogens with zero attached hydrogens (tertiary/aromatic N) is 1. The first kappa shape index (κ1) is 20.1. The van der Waals surface area contributed by atoms with Crippen LogP contribution in [0.3, 0.4) is 0 Å². The summed E-state index contributed by atoms with van der Waals surface area (Å²) in [6.45, 7) is 2.45. The smallest absolute Gasteiger partial charge is 0.337 e. The maximum absolute atomic E-state index is 12.3. The third-order valence-electron chi connectivity index (χ3n) is 4.57. The van der Waals surface area contributed by atoms with Crippen LogP contribution in [0.2, 0.25) is 0 Å². The highest BCUT2D eigenvalue weighted by Gasteiger charge is 2.15. The summed E-state index contributed by atoms with van der Waals surface area (Å²) >= 11 is 0. The number of fused-ring (bicyclic) bond motifs is 1. The van der Waals surface area contributed by atoms with Gasteiger partial charge in [-0.1, -0.05) is 36.1 Å². The Morgan fingerprint density at radius 3 is 2.54 bits per heavy atom. The number of carbonyl (C=O) groups excluding carboxylic acids is 1. The molecule has 0 saturated heterocycles. The van der Waals surface area contributed by atoms with Crippen LogP contribution in [0.25, 0.3) is 0 Å². The molecule has 0 unspecified atom stereocenters. The van der Waals surface area contributed by atoms with Crippen molar-refractivity contribution in [1.82, 2.24) is 9.62 Å². The number of sulfonamides is 1. The van der Waals surface area contributed by atoms with Crippen LogP contribution >= 0.6 is 0 Å². The molecule has 0 atom stereocenters. The van der Waals surface area contributed by atoms with Crippen LogP contribution in [0, 0.1) is 11.8 Å². The molecule has 1 heterocycles. The lowest BCUT2D eigenvalue weighted by Crippen LogP contribution is -2.31. The van der Waals surface area contributed by atoms with E-state index < -0.39 is 16.0 Å². The normalized spacial score (nSPS) is 13.9. The van der Waals surface area contributed by atoms with Crippen LogP contribution in [0.5, 0.6) is 0 Å². The molecular weight excluding hydrogens is 376 g/mol. The van der Waals surface area contributed by atoms with Crippen molar-refractivity contribution in [2.45, 2.75) is 17.9 Å². The van der Waals surface area contributed by atoms with Crippen LogP contribution in [0.15, 0.2) is 53.4 Å². The van der Waals surface area contributed by atoms with Crippen LogP contribution in [0.1, 0.15) is 21.5 Å². The second-order valence-electron chi connectivity index (χ2n) is 6.42. The second kappa shape index (κ2) is 9.02. The molecule has 3 rings (SSSR count). The number of methoxy groups -OCH3 is 1. The number of esters is 1. The Morgan fingerprint density at radius 1 is 1.11 bits per heavy atom. The van der Waals surface area contributed by atoms with Gasteiger partial charge in [-0.05, 0) is 41.8 Å². The molecule has 1 aliphatic heterocycles. The SMILES string of the molecule is COC(=O)c1ccc(S(=O)(=O)NCC#CCN2CCc3ccccc3C2)cc1. The Labute approximate surface area is 165 Å². The van der Waals surface area contributed by atoms with Gasteiger partial charge in [-0.15, -0.1) is 0 Å². The van der Waals surface area contributed by atoms with Crippen molar-refractivity contribution < 1.29 is 17.9 Å². The van der Waals surface area contributed by atoms with E-state index in [1.165, 1.54) is 42.5 Å². The van der Waals surface area contributed by atoms with E-state index >= 15 is 0 Å². The number of hydrogen-bond acceptors (Lipinski definition) is 5. The fourth-order valence-corrected chi connectivity index (χ4v) is 3.95. The topological polar surface area (TPSA) is 75.7 Å². The Bertz CT molecular complexity index is 1000. The van der Waals surface area contributed by atoms with E-state index in [1.54, 1.807) is 0 Å². The maximum atomic E-state index is 12.3. The van der Waals surface area contributed by atoms with E-state index in [4.69, 9.17) is 0 Å². The van der Waals surface area contributed by atoms with Crippen molar-refractivity contribution in [3.05, 3.63) is 65.2 Å². The van der Waals surface area contributed by atoms with Gasteiger partial charge in [0.1, 0.15) is 0 Å². The number of benzene rings is 2. The largest absolute Gasteiger partial charge is 0.465 e. The molecule has 2 aromatic carbocycles. The summed E-state index contributed by atoms with van der Waals surface area (Å²) in [7, 11) is -2.40. The van der Waals surface area contributed by atoms with Crippen molar-refractivity contribution in [3.63, 3.8) is 0 Å². The number of rotatable bonds is 5. The van der Waals surface area contributed by atoms with Crippen LogP contribution in [0.4, 0.5) is 0 Å². The number of hydrogen-bond donors (Lipinski definition) is 1. The van der Waals surface area contributed by atoms with Gasteiger partial charge in [0, 0.05) is 13.1 Å². The van der Waals surface area contributed by atoms with Crippen molar-refractivity contribution in [3.8, 4) is 11.8 Å². The number of carbonyl (C=O) groups is 1. The predicted octanol–water partition coefficient (Wildman–Crippen LogP) is 1.81. The van der Waals surface area contributed by atoms with Gasteiger partial charge < -0.3 is 4.74 Å². The van der Waals surface area contributed by atoms with Crippen LogP contribution in [-0.4, -0.2) is 46.0 Å². The van der Waals surface area contributed by atoms with Crippen LogP contribution < -0.4 is 4.72 Å². The number of ether oxygens (including phenoxy) is 1. The Balaban J connectivity index is 1.50. The van der Waals surface area contributed by atoms with Gasteiger partial charge in [-0.2, -0.15) is 4.72 Å². The molecule has 0 spiro atoms. The average Bonchev–Trinajstić information content (AvgIpc) is 2.73. The molecule has 0 fully saturated rings. The van der Waals surface area contributed by atoms with Gasteiger partial charge in [-0.25, -0.2) is 13.2 Å². The third-order valence-corrected chi connectivity index (χ3v) is 5.99.